The number of nitrogens with two attached hydrogens (primary N) is 1. The van der Waals surface area contributed by atoms with Crippen LogP contribution < -0.4 is 35.3 Å². The summed E-state index contributed by atoms with van der Waals surface area (Å²) in [5.41, 5.74) is 5.24. The zero-order chi connectivity index (χ0) is 13.4. The largest absolute Gasteiger partial charge is 1.00 e. The maximum Gasteiger partial charge on any atom is 1.00 e. The molecule has 0 aromatic heterocycles. The molecule has 0 spiro atoms. The number of amides is 1. The molecule has 0 fully saturated rings. The average molecular weight is 271 g/mol. The summed E-state index contributed by atoms with van der Waals surface area (Å²) in [6.07, 6.45) is 2.07. The van der Waals surface area contributed by atoms with E-state index < -0.39 is 16.0 Å². The normalized spacial score (nSPS) is 9.65. The van der Waals surface area contributed by atoms with E-state index in [9.17, 15) is 17.8 Å². The van der Waals surface area contributed by atoms with Gasteiger partial charge in [-0.15, -0.1) is 6.58 Å². The molecule has 0 bridgehead atoms. The standard InChI is InChI=1S/C6H9NO.C4H10O3S.Na/c1-3-4-5(2)6(7)8;1-4(2)3-8(5,6)7;/h3H,1-2,4H2,(H2,7,8);4H,3H2,1-2H3,(H,5,6,7);/q;;+1/p-1. The summed E-state index contributed by atoms with van der Waals surface area (Å²) in [5.74, 6) is -0.769. The van der Waals surface area contributed by atoms with Gasteiger partial charge in [-0.3, -0.25) is 4.79 Å². The molecule has 0 rings (SSSR count). The van der Waals surface area contributed by atoms with Gasteiger partial charge in [-0.1, -0.05) is 26.5 Å². The summed E-state index contributed by atoms with van der Waals surface area (Å²) in [4.78, 5) is 10.2. The summed E-state index contributed by atoms with van der Waals surface area (Å²) in [6, 6.07) is 0. The number of hydrogen-bond acceptors (Lipinski definition) is 4. The maximum absolute atomic E-state index is 10.2. The van der Waals surface area contributed by atoms with Gasteiger partial charge in [-0.2, -0.15) is 0 Å². The molecule has 0 aliphatic carbocycles. The summed E-state index contributed by atoms with van der Waals surface area (Å²) >= 11 is 0. The van der Waals surface area contributed by atoms with Crippen LogP contribution in [0.3, 0.4) is 0 Å². The molecule has 0 atom stereocenters. The van der Waals surface area contributed by atoms with Gasteiger partial charge in [0.1, 0.15) is 0 Å². The van der Waals surface area contributed by atoms with Crippen LogP contribution in [0.15, 0.2) is 24.8 Å². The van der Waals surface area contributed by atoms with Crippen LogP contribution in [-0.4, -0.2) is 24.6 Å². The van der Waals surface area contributed by atoms with Crippen molar-refractivity contribution in [1.82, 2.24) is 0 Å². The number of hydrogen-bond donors (Lipinski definition) is 1. The van der Waals surface area contributed by atoms with Gasteiger partial charge in [0.05, 0.1) is 10.1 Å². The number of allylic oxidation sites excluding steroid dienone is 1. The first-order chi connectivity index (χ1) is 7.10. The molecule has 5 nitrogen and oxygen atoms in total. The zero-order valence-electron chi connectivity index (χ0n) is 10.6. The Balaban J connectivity index is -0.000000218. The van der Waals surface area contributed by atoms with Crippen molar-refractivity contribution >= 4 is 16.0 Å². The average Bonchev–Trinajstić information content (AvgIpc) is 2.00. The van der Waals surface area contributed by atoms with Crippen LogP contribution in [0.5, 0.6) is 0 Å². The van der Waals surface area contributed by atoms with Crippen LogP contribution in [0, 0.1) is 5.92 Å². The van der Waals surface area contributed by atoms with Crippen molar-refractivity contribution in [2.75, 3.05) is 5.75 Å². The molecule has 0 aliphatic heterocycles. The van der Waals surface area contributed by atoms with E-state index >= 15 is 0 Å². The monoisotopic (exact) mass is 271 g/mol. The summed E-state index contributed by atoms with van der Waals surface area (Å²) < 4.78 is 29.7. The number of primary amides is 1. The Morgan fingerprint density at radius 2 is 1.88 bits per heavy atom. The molecular weight excluding hydrogens is 253 g/mol. The minimum absolute atomic E-state index is 0. The third kappa shape index (κ3) is 21.7. The smallest absolute Gasteiger partial charge is 0.748 e. The van der Waals surface area contributed by atoms with Crippen LogP contribution in [-0.2, 0) is 14.9 Å². The maximum atomic E-state index is 10.2. The van der Waals surface area contributed by atoms with Crippen molar-refractivity contribution in [3.8, 4) is 0 Å². The molecule has 94 valence electrons. The topological polar surface area (TPSA) is 100 Å². The van der Waals surface area contributed by atoms with Gasteiger partial charge in [0, 0.05) is 11.3 Å². The Morgan fingerprint density at radius 3 is 1.94 bits per heavy atom. The second-order valence-electron chi connectivity index (χ2n) is 3.58. The third-order valence-corrected chi connectivity index (χ3v) is 2.35. The van der Waals surface area contributed by atoms with Gasteiger partial charge in [0.15, 0.2) is 0 Å². The van der Waals surface area contributed by atoms with Crippen LogP contribution in [0.25, 0.3) is 0 Å². The molecule has 0 saturated heterocycles. The van der Waals surface area contributed by atoms with Gasteiger partial charge in [-0.05, 0) is 12.3 Å². The number of carbonyl (C=O) groups is 1. The quantitative estimate of drug-likeness (QED) is 0.265. The molecule has 0 saturated carbocycles. The molecule has 0 heterocycles. The molecule has 0 unspecified atom stereocenters. The molecular formula is C10H18NNaO4S. The predicted octanol–water partition coefficient (Wildman–Crippen LogP) is -2.20. The van der Waals surface area contributed by atoms with Crippen molar-refractivity contribution in [1.29, 1.82) is 0 Å². The Morgan fingerprint density at radius 1 is 1.47 bits per heavy atom. The van der Waals surface area contributed by atoms with E-state index in [0.29, 0.717) is 12.0 Å². The van der Waals surface area contributed by atoms with Crippen molar-refractivity contribution in [3.63, 3.8) is 0 Å². The fourth-order valence-corrected chi connectivity index (χ4v) is 1.50. The Hall–Kier alpha value is -0.140. The molecule has 2 N–H and O–H groups in total. The summed E-state index contributed by atoms with van der Waals surface area (Å²) in [6.45, 7) is 10.2. The third-order valence-electron chi connectivity index (χ3n) is 1.28. The summed E-state index contributed by atoms with van der Waals surface area (Å²) in [7, 11) is -3.97. The van der Waals surface area contributed by atoms with E-state index in [4.69, 9.17) is 5.73 Å². The molecule has 0 aromatic rings. The molecule has 1 amide bonds. The van der Waals surface area contributed by atoms with Gasteiger partial charge in [0.2, 0.25) is 5.91 Å². The number of carbonyl (C=O) groups excluding carboxylic acids is 1. The number of rotatable bonds is 5. The second-order valence-corrected chi connectivity index (χ2v) is 5.03. The molecule has 7 heteroatoms. The zero-order valence-corrected chi connectivity index (χ0v) is 13.4. The van der Waals surface area contributed by atoms with Crippen LogP contribution in [0.2, 0.25) is 0 Å². The molecule has 0 aliphatic rings. The van der Waals surface area contributed by atoms with E-state index in [1.165, 1.54) is 0 Å². The van der Waals surface area contributed by atoms with E-state index in [0.717, 1.165) is 0 Å². The van der Waals surface area contributed by atoms with E-state index in [1.807, 2.05) is 0 Å². The first-order valence-corrected chi connectivity index (χ1v) is 6.20. The van der Waals surface area contributed by atoms with E-state index in [1.54, 1.807) is 19.9 Å². The SMILES string of the molecule is C=CCC(=C)C(N)=O.CC(C)CS(=O)(=O)[O-].[Na+]. The van der Waals surface area contributed by atoms with Gasteiger partial charge in [0.25, 0.3) is 0 Å². The Kier molecular flexibility index (Phi) is 14.3. The molecule has 0 aromatic carbocycles. The van der Waals surface area contributed by atoms with Crippen molar-refractivity contribution in [3.05, 3.63) is 24.8 Å². The second kappa shape index (κ2) is 11.0. The van der Waals surface area contributed by atoms with E-state index in [-0.39, 0.29) is 41.2 Å². The van der Waals surface area contributed by atoms with Crippen molar-refractivity contribution in [2.24, 2.45) is 11.7 Å². The van der Waals surface area contributed by atoms with Crippen LogP contribution in [0.1, 0.15) is 20.3 Å². The Bertz CT molecular complexity index is 349. The van der Waals surface area contributed by atoms with E-state index in [2.05, 4.69) is 13.2 Å². The first kappa shape index (κ1) is 22.1. The fourth-order valence-electron chi connectivity index (χ4n) is 0.683. The van der Waals surface area contributed by atoms with Crippen molar-refractivity contribution in [2.45, 2.75) is 20.3 Å². The first-order valence-electron chi connectivity index (χ1n) is 4.62. The van der Waals surface area contributed by atoms with Crippen molar-refractivity contribution < 1.29 is 47.3 Å². The molecule has 0 radical (unpaired) electrons. The van der Waals surface area contributed by atoms with Gasteiger partial charge < -0.3 is 10.3 Å². The Labute approximate surface area is 125 Å². The minimum atomic E-state index is -3.97. The van der Waals surface area contributed by atoms with Crippen LogP contribution >= 0.6 is 0 Å². The predicted molar refractivity (Wildman–Crippen MR) is 62.6 cm³/mol. The van der Waals surface area contributed by atoms with Crippen LogP contribution in [0.4, 0.5) is 0 Å². The minimum Gasteiger partial charge on any atom is -0.748 e. The van der Waals surface area contributed by atoms with Gasteiger partial charge >= 0.3 is 29.6 Å². The molecule has 17 heavy (non-hydrogen) atoms. The van der Waals surface area contributed by atoms with Gasteiger partial charge in [-0.25, -0.2) is 8.42 Å². The fraction of sp³-hybridized carbons (Fsp3) is 0.500. The summed E-state index contributed by atoms with van der Waals surface area (Å²) in [5, 5.41) is 0.